The van der Waals surface area contributed by atoms with E-state index in [4.69, 9.17) is 0 Å². The molecule has 0 spiro atoms. The van der Waals surface area contributed by atoms with Gasteiger partial charge < -0.3 is 10.6 Å². The molecule has 9 heteroatoms. The Hall–Kier alpha value is -2.68. The summed E-state index contributed by atoms with van der Waals surface area (Å²) in [5.41, 5.74) is 1.46. The highest BCUT2D eigenvalue weighted by Crippen LogP contribution is 2.26. The number of pyridine rings is 2. The molecule has 4 heterocycles. The van der Waals surface area contributed by atoms with Gasteiger partial charge in [0.25, 0.3) is 6.43 Å². The van der Waals surface area contributed by atoms with Crippen molar-refractivity contribution in [2.45, 2.75) is 18.9 Å². The number of hydrogen-bond acceptors (Lipinski definition) is 4. The lowest BCUT2D eigenvalue weighted by Crippen LogP contribution is -2.32. The minimum atomic E-state index is -2.59. The van der Waals surface area contributed by atoms with Crippen LogP contribution in [0, 0.1) is 5.92 Å². The Labute approximate surface area is 152 Å². The SMILES string of the molecule is FC(F)c1ccc2ncc(-c3cccc(NC4CNCC4C(F)F)n3)n2c1. The van der Waals surface area contributed by atoms with Gasteiger partial charge in [-0.15, -0.1) is 0 Å². The second-order valence-electron chi connectivity index (χ2n) is 6.45. The van der Waals surface area contributed by atoms with E-state index >= 15 is 0 Å². The lowest BCUT2D eigenvalue weighted by atomic mass is 10.0. The van der Waals surface area contributed by atoms with Crippen molar-refractivity contribution in [1.82, 2.24) is 19.7 Å². The highest BCUT2D eigenvalue weighted by Gasteiger charge is 2.34. The Morgan fingerprint density at radius 2 is 1.96 bits per heavy atom. The van der Waals surface area contributed by atoms with Gasteiger partial charge in [-0.3, -0.25) is 4.40 Å². The summed E-state index contributed by atoms with van der Waals surface area (Å²) in [6, 6.07) is 7.57. The fourth-order valence-corrected chi connectivity index (χ4v) is 3.29. The fourth-order valence-electron chi connectivity index (χ4n) is 3.29. The van der Waals surface area contributed by atoms with Crippen molar-refractivity contribution in [1.29, 1.82) is 0 Å². The number of alkyl halides is 4. The highest BCUT2D eigenvalue weighted by atomic mass is 19.3. The summed E-state index contributed by atoms with van der Waals surface area (Å²) in [7, 11) is 0. The summed E-state index contributed by atoms with van der Waals surface area (Å²) >= 11 is 0. The molecule has 1 saturated heterocycles. The maximum absolute atomic E-state index is 13.1. The smallest absolute Gasteiger partial charge is 0.265 e. The normalized spacial score (nSPS) is 20.1. The van der Waals surface area contributed by atoms with Gasteiger partial charge in [0.2, 0.25) is 6.43 Å². The van der Waals surface area contributed by atoms with E-state index in [0.717, 1.165) is 0 Å². The molecule has 2 N–H and O–H groups in total. The van der Waals surface area contributed by atoms with Crippen molar-refractivity contribution in [3.8, 4) is 11.4 Å². The third kappa shape index (κ3) is 3.46. The molecular weight excluding hydrogens is 362 g/mol. The Kier molecular flexibility index (Phi) is 4.69. The van der Waals surface area contributed by atoms with E-state index in [9.17, 15) is 17.6 Å². The molecule has 0 aliphatic carbocycles. The Balaban J connectivity index is 1.65. The molecule has 142 valence electrons. The van der Waals surface area contributed by atoms with Crippen molar-refractivity contribution in [2.24, 2.45) is 5.92 Å². The van der Waals surface area contributed by atoms with Gasteiger partial charge in [0.05, 0.1) is 23.5 Å². The fraction of sp³-hybridized carbons (Fsp3) is 0.333. The van der Waals surface area contributed by atoms with Gasteiger partial charge in [0, 0.05) is 30.9 Å². The zero-order valence-corrected chi connectivity index (χ0v) is 14.1. The van der Waals surface area contributed by atoms with Gasteiger partial charge in [-0.1, -0.05) is 6.07 Å². The summed E-state index contributed by atoms with van der Waals surface area (Å²) in [4.78, 5) is 8.68. The third-order valence-corrected chi connectivity index (χ3v) is 4.71. The van der Waals surface area contributed by atoms with Crippen LogP contribution in [0.15, 0.2) is 42.7 Å². The van der Waals surface area contributed by atoms with E-state index in [2.05, 4.69) is 20.6 Å². The van der Waals surface area contributed by atoms with Crippen molar-refractivity contribution >= 4 is 11.5 Å². The molecule has 2 atom stereocenters. The largest absolute Gasteiger partial charge is 0.365 e. The topological polar surface area (TPSA) is 54.2 Å². The van der Waals surface area contributed by atoms with Crippen molar-refractivity contribution in [3.63, 3.8) is 0 Å². The third-order valence-electron chi connectivity index (χ3n) is 4.71. The first-order valence-corrected chi connectivity index (χ1v) is 8.51. The van der Waals surface area contributed by atoms with Crippen LogP contribution in [-0.4, -0.2) is 39.9 Å². The maximum atomic E-state index is 13.1. The summed E-state index contributed by atoms with van der Waals surface area (Å²) < 4.78 is 53.8. The zero-order valence-electron chi connectivity index (χ0n) is 14.1. The number of hydrogen-bond donors (Lipinski definition) is 2. The number of imidazole rings is 1. The first kappa shape index (κ1) is 17.7. The number of fused-ring (bicyclic) bond motifs is 1. The van der Waals surface area contributed by atoms with E-state index < -0.39 is 24.8 Å². The van der Waals surface area contributed by atoms with Crippen LogP contribution < -0.4 is 10.6 Å². The molecule has 0 amide bonds. The second kappa shape index (κ2) is 7.15. The van der Waals surface area contributed by atoms with E-state index in [1.165, 1.54) is 18.3 Å². The monoisotopic (exact) mass is 379 g/mol. The van der Waals surface area contributed by atoms with Crippen LogP contribution in [0.25, 0.3) is 17.0 Å². The minimum absolute atomic E-state index is 0.118. The van der Waals surface area contributed by atoms with E-state index in [1.54, 1.807) is 28.8 Å². The number of rotatable bonds is 5. The molecule has 0 saturated carbocycles. The van der Waals surface area contributed by atoms with Gasteiger partial charge in [-0.2, -0.15) is 0 Å². The van der Waals surface area contributed by atoms with Crippen LogP contribution in [0.4, 0.5) is 23.4 Å². The number of aromatic nitrogens is 3. The van der Waals surface area contributed by atoms with Crippen LogP contribution in [0.3, 0.4) is 0 Å². The molecule has 27 heavy (non-hydrogen) atoms. The van der Waals surface area contributed by atoms with Crippen LogP contribution >= 0.6 is 0 Å². The van der Waals surface area contributed by atoms with Crippen molar-refractivity contribution in [2.75, 3.05) is 18.4 Å². The number of nitrogens with zero attached hydrogens (tertiary/aromatic N) is 3. The molecule has 1 aliphatic heterocycles. The van der Waals surface area contributed by atoms with Gasteiger partial charge in [0.1, 0.15) is 11.5 Å². The molecule has 3 aromatic heterocycles. The number of nitrogens with one attached hydrogen (secondary N) is 2. The average Bonchev–Trinajstić information content (AvgIpc) is 3.28. The molecule has 0 radical (unpaired) electrons. The molecule has 2 unspecified atom stereocenters. The maximum Gasteiger partial charge on any atom is 0.265 e. The average molecular weight is 379 g/mol. The highest BCUT2D eigenvalue weighted by molar-refractivity contribution is 5.62. The van der Waals surface area contributed by atoms with E-state index in [1.807, 2.05) is 0 Å². The summed E-state index contributed by atoms with van der Waals surface area (Å²) in [5.74, 6) is -0.341. The van der Waals surface area contributed by atoms with Gasteiger partial charge in [0.15, 0.2) is 0 Å². The predicted octanol–water partition coefficient (Wildman–Crippen LogP) is 3.60. The predicted molar refractivity (Wildman–Crippen MR) is 93.2 cm³/mol. The second-order valence-corrected chi connectivity index (χ2v) is 6.45. The number of anilines is 1. The van der Waals surface area contributed by atoms with Crippen LogP contribution in [0.5, 0.6) is 0 Å². The Morgan fingerprint density at radius 3 is 2.74 bits per heavy atom. The van der Waals surface area contributed by atoms with Crippen LogP contribution in [-0.2, 0) is 0 Å². The van der Waals surface area contributed by atoms with Crippen molar-refractivity contribution < 1.29 is 17.6 Å². The Bertz CT molecular complexity index is 942. The minimum Gasteiger partial charge on any atom is -0.365 e. The summed E-state index contributed by atoms with van der Waals surface area (Å²) in [6.45, 7) is 0.674. The summed E-state index contributed by atoms with van der Waals surface area (Å²) in [6.07, 6.45) is -2.13. The molecule has 5 nitrogen and oxygen atoms in total. The quantitative estimate of drug-likeness (QED) is 0.665. The standard InChI is InChI=1S/C18H17F4N5/c19-17(20)10-4-5-16-24-8-14(27(16)9-10)12-2-1-3-15(25-12)26-13-7-23-6-11(13)18(21)22/h1-5,8-9,11,13,17-18,23H,6-7H2,(H,25,26). The molecule has 0 aromatic carbocycles. The molecule has 0 bridgehead atoms. The molecule has 1 fully saturated rings. The first-order valence-electron chi connectivity index (χ1n) is 8.51. The number of halogens is 4. The van der Waals surface area contributed by atoms with E-state index in [-0.39, 0.29) is 12.1 Å². The lowest BCUT2D eigenvalue weighted by molar-refractivity contribution is 0.0825. The van der Waals surface area contributed by atoms with Crippen LogP contribution in [0.2, 0.25) is 0 Å². The lowest BCUT2D eigenvalue weighted by Gasteiger charge is -2.20. The van der Waals surface area contributed by atoms with Gasteiger partial charge in [-0.25, -0.2) is 27.5 Å². The first-order chi connectivity index (χ1) is 13.0. The van der Waals surface area contributed by atoms with Gasteiger partial charge >= 0.3 is 0 Å². The van der Waals surface area contributed by atoms with Crippen molar-refractivity contribution in [3.05, 3.63) is 48.3 Å². The zero-order chi connectivity index (χ0) is 19.0. The van der Waals surface area contributed by atoms with E-state index in [0.29, 0.717) is 29.4 Å². The molecular formula is C18H17F4N5. The van der Waals surface area contributed by atoms with Gasteiger partial charge in [-0.05, 0) is 24.3 Å². The molecule has 4 rings (SSSR count). The van der Waals surface area contributed by atoms with Crippen LogP contribution in [0.1, 0.15) is 12.0 Å². The molecule has 1 aliphatic rings. The Morgan fingerprint density at radius 1 is 1.11 bits per heavy atom. The molecule has 3 aromatic rings. The summed E-state index contributed by atoms with van der Waals surface area (Å²) in [5, 5.41) is 6.00.